The van der Waals surface area contributed by atoms with Crippen LogP contribution in [0.2, 0.25) is 0 Å². The van der Waals surface area contributed by atoms with Crippen LogP contribution in [-0.2, 0) is 4.79 Å². The normalized spacial score (nSPS) is 20.3. The molecule has 0 spiro atoms. The number of fused-ring (bicyclic) bond motifs is 1. The van der Waals surface area contributed by atoms with E-state index in [1.165, 1.54) is 4.90 Å². The van der Waals surface area contributed by atoms with Crippen molar-refractivity contribution in [3.8, 4) is 0 Å². The van der Waals surface area contributed by atoms with E-state index in [0.29, 0.717) is 12.2 Å². The highest BCUT2D eigenvalue weighted by Gasteiger charge is 2.22. The van der Waals surface area contributed by atoms with Crippen molar-refractivity contribution in [3.63, 3.8) is 0 Å². The first-order valence-corrected chi connectivity index (χ1v) is 3.68. The molecule has 3 N–H and O–H groups in total. The lowest BCUT2D eigenvalue weighted by atomic mass is 10.2. The third-order valence-corrected chi connectivity index (χ3v) is 1.91. The number of carbonyl (C=O) groups excluding carboxylic acids is 1. The van der Waals surface area contributed by atoms with Crippen LogP contribution in [0.15, 0.2) is 35.4 Å². The van der Waals surface area contributed by atoms with Crippen LogP contribution in [0.4, 0.5) is 0 Å². The Morgan fingerprint density at radius 3 is 3.25 bits per heavy atom. The van der Waals surface area contributed by atoms with Gasteiger partial charge >= 0.3 is 0 Å². The number of nitrogens with two attached hydrogens (primary N) is 1. The van der Waals surface area contributed by atoms with E-state index in [4.69, 9.17) is 5.73 Å². The monoisotopic (exact) mass is 163 g/mol. The third kappa shape index (κ3) is 0.812. The molecule has 0 saturated carbocycles. The van der Waals surface area contributed by atoms with E-state index in [0.717, 1.165) is 17.8 Å². The van der Waals surface area contributed by atoms with Crippen LogP contribution in [0.25, 0.3) is 0 Å². The summed E-state index contributed by atoms with van der Waals surface area (Å²) in [6, 6.07) is 0. The minimum Gasteiger partial charge on any atom is -0.399 e. The van der Waals surface area contributed by atoms with Gasteiger partial charge in [-0.05, 0) is 12.2 Å². The van der Waals surface area contributed by atoms with Crippen LogP contribution in [0.1, 0.15) is 0 Å². The average Bonchev–Trinajstić information content (AvgIpc) is 2.48. The van der Waals surface area contributed by atoms with E-state index < -0.39 is 0 Å². The Labute approximate surface area is 70.0 Å². The molecule has 1 amide bonds. The van der Waals surface area contributed by atoms with Crippen LogP contribution >= 0.6 is 0 Å². The molecule has 4 heteroatoms. The predicted molar refractivity (Wildman–Crippen MR) is 44.3 cm³/mol. The second kappa shape index (κ2) is 2.41. The predicted octanol–water partition coefficient (Wildman–Crippen LogP) is -0.371. The standard InChI is InChI=1S/C8H9N3O/c9-6-4-10-7-2-1-3-11(5-12)8(6)7/h1-3,5,10H,4,9H2. The number of carbonyl (C=O) groups is 1. The molecule has 0 bridgehead atoms. The SMILES string of the molecule is NC1=C2C(=CC=CN2C=O)NC1. The van der Waals surface area contributed by atoms with E-state index in [2.05, 4.69) is 5.32 Å². The number of amides is 1. The van der Waals surface area contributed by atoms with E-state index in [9.17, 15) is 4.79 Å². The fraction of sp³-hybridized carbons (Fsp3) is 0.125. The van der Waals surface area contributed by atoms with Gasteiger partial charge in [0.15, 0.2) is 0 Å². The van der Waals surface area contributed by atoms with Gasteiger partial charge in [-0.15, -0.1) is 0 Å². The molecule has 0 aliphatic carbocycles. The van der Waals surface area contributed by atoms with Crippen molar-refractivity contribution in [1.29, 1.82) is 0 Å². The van der Waals surface area contributed by atoms with Gasteiger partial charge in [-0.1, -0.05) is 0 Å². The fourth-order valence-corrected chi connectivity index (χ4v) is 1.37. The van der Waals surface area contributed by atoms with Gasteiger partial charge in [0.2, 0.25) is 6.41 Å². The van der Waals surface area contributed by atoms with Crippen LogP contribution < -0.4 is 11.1 Å². The third-order valence-electron chi connectivity index (χ3n) is 1.91. The Morgan fingerprint density at radius 2 is 2.50 bits per heavy atom. The lowest BCUT2D eigenvalue weighted by molar-refractivity contribution is -0.114. The van der Waals surface area contributed by atoms with Crippen molar-refractivity contribution in [2.75, 3.05) is 6.54 Å². The molecular formula is C8H9N3O. The summed E-state index contributed by atoms with van der Waals surface area (Å²) in [5, 5.41) is 3.08. The molecule has 0 aromatic carbocycles. The molecule has 0 aromatic rings. The van der Waals surface area contributed by atoms with Crippen molar-refractivity contribution < 1.29 is 4.79 Å². The molecule has 0 fully saturated rings. The van der Waals surface area contributed by atoms with Crippen molar-refractivity contribution in [3.05, 3.63) is 35.4 Å². The molecule has 2 rings (SSSR count). The summed E-state index contributed by atoms with van der Waals surface area (Å²) in [5.74, 6) is 0. The summed E-state index contributed by atoms with van der Waals surface area (Å²) in [7, 11) is 0. The maximum Gasteiger partial charge on any atom is 0.218 e. The number of hydrogen-bond donors (Lipinski definition) is 2. The number of rotatable bonds is 1. The smallest absolute Gasteiger partial charge is 0.218 e. The van der Waals surface area contributed by atoms with Crippen molar-refractivity contribution in [2.45, 2.75) is 0 Å². The van der Waals surface area contributed by atoms with Gasteiger partial charge < -0.3 is 11.1 Å². The molecule has 2 heterocycles. The topological polar surface area (TPSA) is 58.4 Å². The van der Waals surface area contributed by atoms with Gasteiger partial charge in [0.1, 0.15) is 0 Å². The van der Waals surface area contributed by atoms with Crippen LogP contribution in [0.5, 0.6) is 0 Å². The van der Waals surface area contributed by atoms with Gasteiger partial charge in [-0.2, -0.15) is 0 Å². The molecular weight excluding hydrogens is 154 g/mol. The van der Waals surface area contributed by atoms with Gasteiger partial charge in [-0.25, -0.2) is 0 Å². The molecule has 0 atom stereocenters. The molecule has 0 aromatic heterocycles. The van der Waals surface area contributed by atoms with E-state index in [1.807, 2.05) is 6.08 Å². The number of nitrogens with one attached hydrogen (secondary N) is 1. The second-order valence-corrected chi connectivity index (χ2v) is 2.66. The summed E-state index contributed by atoms with van der Waals surface area (Å²) in [5.41, 5.74) is 8.11. The van der Waals surface area contributed by atoms with E-state index in [1.54, 1.807) is 12.3 Å². The molecule has 0 radical (unpaired) electrons. The highest BCUT2D eigenvalue weighted by Crippen LogP contribution is 2.22. The minimum absolute atomic E-state index is 0.618. The number of allylic oxidation sites excluding steroid dienone is 2. The van der Waals surface area contributed by atoms with Crippen LogP contribution in [-0.4, -0.2) is 17.9 Å². The van der Waals surface area contributed by atoms with Gasteiger partial charge in [0.05, 0.1) is 23.6 Å². The second-order valence-electron chi connectivity index (χ2n) is 2.66. The summed E-state index contributed by atoms with van der Waals surface area (Å²) in [6.07, 6.45) is 6.14. The number of nitrogens with zero attached hydrogens (tertiary/aromatic N) is 1. The van der Waals surface area contributed by atoms with Crippen LogP contribution in [0, 0.1) is 0 Å². The fourth-order valence-electron chi connectivity index (χ4n) is 1.37. The molecule has 2 aliphatic heterocycles. The zero-order valence-electron chi connectivity index (χ0n) is 6.45. The Balaban J connectivity index is 2.45. The summed E-state index contributed by atoms with van der Waals surface area (Å²) in [4.78, 5) is 12.1. The first kappa shape index (κ1) is 6.97. The lowest BCUT2D eigenvalue weighted by Crippen LogP contribution is -2.20. The summed E-state index contributed by atoms with van der Waals surface area (Å²) in [6.45, 7) is 0.618. The molecule has 0 unspecified atom stereocenters. The Hall–Kier alpha value is -1.71. The van der Waals surface area contributed by atoms with Gasteiger partial charge in [-0.3, -0.25) is 9.69 Å². The van der Waals surface area contributed by atoms with E-state index >= 15 is 0 Å². The molecule has 2 aliphatic rings. The van der Waals surface area contributed by atoms with Crippen molar-refractivity contribution >= 4 is 6.41 Å². The lowest BCUT2D eigenvalue weighted by Gasteiger charge is -2.18. The minimum atomic E-state index is 0.618. The van der Waals surface area contributed by atoms with Gasteiger partial charge in [0, 0.05) is 6.20 Å². The molecule has 0 saturated heterocycles. The summed E-state index contributed by atoms with van der Waals surface area (Å²) >= 11 is 0. The maximum absolute atomic E-state index is 10.6. The zero-order valence-corrected chi connectivity index (χ0v) is 6.45. The first-order chi connectivity index (χ1) is 5.83. The average molecular weight is 163 g/mol. The zero-order chi connectivity index (χ0) is 8.55. The Bertz CT molecular complexity index is 314. The highest BCUT2D eigenvalue weighted by atomic mass is 16.1. The van der Waals surface area contributed by atoms with Crippen LogP contribution in [0.3, 0.4) is 0 Å². The molecule has 12 heavy (non-hydrogen) atoms. The maximum atomic E-state index is 10.6. The summed E-state index contributed by atoms with van der Waals surface area (Å²) < 4.78 is 0. The molecule has 4 nitrogen and oxygen atoms in total. The Morgan fingerprint density at radius 1 is 1.67 bits per heavy atom. The highest BCUT2D eigenvalue weighted by molar-refractivity contribution is 5.60. The van der Waals surface area contributed by atoms with E-state index in [-0.39, 0.29) is 0 Å². The Kier molecular flexibility index (Phi) is 1.40. The van der Waals surface area contributed by atoms with Gasteiger partial charge in [0.25, 0.3) is 0 Å². The molecule has 62 valence electrons. The van der Waals surface area contributed by atoms with Crippen molar-refractivity contribution in [2.24, 2.45) is 5.73 Å². The largest absolute Gasteiger partial charge is 0.399 e. The quantitative estimate of drug-likeness (QED) is 0.518. The number of hydrogen-bond acceptors (Lipinski definition) is 3. The first-order valence-electron chi connectivity index (χ1n) is 3.68. The van der Waals surface area contributed by atoms with Crippen molar-refractivity contribution in [1.82, 2.24) is 10.2 Å².